The number of nitrogens with zero attached hydrogens (tertiary/aromatic N) is 2. The quantitative estimate of drug-likeness (QED) is 0.278. The minimum absolute atomic E-state index is 0.424. The lowest BCUT2D eigenvalue weighted by molar-refractivity contribution is 0.240. The normalized spacial score (nSPS) is 10.6. The maximum atomic E-state index is 6.00. The van der Waals surface area contributed by atoms with Gasteiger partial charge in [-0.25, -0.2) is 9.97 Å². The van der Waals surface area contributed by atoms with E-state index in [1.807, 2.05) is 48.5 Å². The van der Waals surface area contributed by atoms with Gasteiger partial charge in [0.15, 0.2) is 23.0 Å². The number of rotatable bonds is 11. The van der Waals surface area contributed by atoms with Crippen LogP contribution in [0.1, 0.15) is 6.42 Å². The molecule has 0 unspecified atom stereocenters. The van der Waals surface area contributed by atoms with Gasteiger partial charge in [0, 0.05) is 12.5 Å². The first-order valence-corrected chi connectivity index (χ1v) is 10.7. The van der Waals surface area contributed by atoms with E-state index in [0.717, 1.165) is 23.3 Å². The lowest BCUT2D eigenvalue weighted by Gasteiger charge is -2.12. The summed E-state index contributed by atoms with van der Waals surface area (Å²) in [6.07, 6.45) is 2.18. The Hall–Kier alpha value is -4.20. The van der Waals surface area contributed by atoms with Gasteiger partial charge in [0.05, 0.1) is 45.4 Å². The molecule has 0 N–H and O–H groups in total. The first-order chi connectivity index (χ1) is 16.7. The number of para-hydroxylation sites is 2. The summed E-state index contributed by atoms with van der Waals surface area (Å²) in [5.41, 5.74) is 0.693. The first-order valence-electron chi connectivity index (χ1n) is 10.7. The second-order valence-electron chi connectivity index (χ2n) is 7.18. The molecule has 1 aromatic heterocycles. The van der Waals surface area contributed by atoms with Crippen molar-refractivity contribution >= 4 is 10.9 Å². The Morgan fingerprint density at radius 3 is 2.03 bits per heavy atom. The maximum absolute atomic E-state index is 6.00. The molecule has 4 rings (SSSR count). The molecule has 0 aliphatic heterocycles. The van der Waals surface area contributed by atoms with E-state index in [9.17, 15) is 0 Å². The van der Waals surface area contributed by atoms with Crippen molar-refractivity contribution in [3.05, 3.63) is 67.0 Å². The molecule has 0 radical (unpaired) electrons. The van der Waals surface area contributed by atoms with Gasteiger partial charge >= 0.3 is 0 Å². The number of fused-ring (bicyclic) bond motifs is 1. The monoisotopic (exact) mass is 462 g/mol. The summed E-state index contributed by atoms with van der Waals surface area (Å²) in [5, 5.41) is 0.718. The van der Waals surface area contributed by atoms with Crippen LogP contribution in [0, 0.1) is 0 Å². The number of methoxy groups -OCH3 is 3. The summed E-state index contributed by atoms with van der Waals surface area (Å²) >= 11 is 0. The van der Waals surface area contributed by atoms with Crippen molar-refractivity contribution < 1.29 is 28.4 Å². The van der Waals surface area contributed by atoms with E-state index in [1.165, 1.54) is 6.33 Å². The zero-order valence-corrected chi connectivity index (χ0v) is 19.3. The van der Waals surface area contributed by atoms with E-state index in [1.54, 1.807) is 33.5 Å². The standard InChI is InChI=1S/C26H26N2O6/c1-29-22-7-4-5-8-23(22)33-14-6-13-32-18-9-11-19(12-10-18)34-26-20-15-24(30-2)25(31-3)16-21(20)27-17-28-26/h4-5,7-12,15-17H,6,13-14H2,1-3H3. The molecule has 34 heavy (non-hydrogen) atoms. The van der Waals surface area contributed by atoms with Gasteiger partial charge in [0.25, 0.3) is 0 Å². The van der Waals surface area contributed by atoms with Crippen LogP contribution < -0.4 is 28.4 Å². The molecule has 3 aromatic carbocycles. The van der Waals surface area contributed by atoms with E-state index < -0.39 is 0 Å². The molecule has 176 valence electrons. The molecular weight excluding hydrogens is 436 g/mol. The first kappa shape index (κ1) is 23.0. The highest BCUT2D eigenvalue weighted by Crippen LogP contribution is 2.36. The van der Waals surface area contributed by atoms with Crippen LogP contribution in [0.2, 0.25) is 0 Å². The predicted molar refractivity (Wildman–Crippen MR) is 128 cm³/mol. The Morgan fingerprint density at radius 1 is 0.647 bits per heavy atom. The van der Waals surface area contributed by atoms with Gasteiger partial charge in [-0.05, 0) is 42.5 Å². The van der Waals surface area contributed by atoms with Crippen LogP contribution in [0.4, 0.5) is 0 Å². The van der Waals surface area contributed by atoms with Crippen molar-refractivity contribution in [2.45, 2.75) is 6.42 Å². The fraction of sp³-hybridized carbons (Fsp3) is 0.231. The predicted octanol–water partition coefficient (Wildman–Crippen LogP) is 5.30. The number of benzene rings is 3. The van der Waals surface area contributed by atoms with E-state index in [0.29, 0.717) is 47.6 Å². The summed E-state index contributed by atoms with van der Waals surface area (Å²) in [5.74, 6) is 4.40. The largest absolute Gasteiger partial charge is 0.493 e. The van der Waals surface area contributed by atoms with Crippen molar-refractivity contribution in [2.75, 3.05) is 34.5 Å². The van der Waals surface area contributed by atoms with Crippen molar-refractivity contribution in [1.82, 2.24) is 9.97 Å². The van der Waals surface area contributed by atoms with Crippen LogP contribution in [-0.2, 0) is 0 Å². The highest BCUT2D eigenvalue weighted by atomic mass is 16.5. The molecule has 0 saturated heterocycles. The van der Waals surface area contributed by atoms with Gasteiger partial charge in [-0.2, -0.15) is 0 Å². The summed E-state index contributed by atoms with van der Waals surface area (Å²) in [6, 6.07) is 18.5. The van der Waals surface area contributed by atoms with Crippen LogP contribution in [0.15, 0.2) is 67.0 Å². The average molecular weight is 463 g/mol. The van der Waals surface area contributed by atoms with Gasteiger partial charge in [-0.3, -0.25) is 0 Å². The molecule has 4 aromatic rings. The Labute approximate surface area is 198 Å². The topological polar surface area (TPSA) is 81.2 Å². The van der Waals surface area contributed by atoms with Crippen molar-refractivity contribution in [3.63, 3.8) is 0 Å². The molecule has 8 nitrogen and oxygen atoms in total. The molecule has 0 atom stereocenters. The third-order valence-electron chi connectivity index (χ3n) is 5.03. The Balaban J connectivity index is 1.33. The van der Waals surface area contributed by atoms with Gasteiger partial charge < -0.3 is 28.4 Å². The zero-order chi connectivity index (χ0) is 23.8. The summed E-state index contributed by atoms with van der Waals surface area (Å²) in [7, 11) is 4.79. The molecule has 0 fully saturated rings. The van der Waals surface area contributed by atoms with Crippen LogP contribution in [0.3, 0.4) is 0 Å². The number of hydrogen-bond acceptors (Lipinski definition) is 8. The lowest BCUT2D eigenvalue weighted by Crippen LogP contribution is -2.05. The minimum Gasteiger partial charge on any atom is -0.493 e. The van der Waals surface area contributed by atoms with E-state index in [2.05, 4.69) is 9.97 Å². The van der Waals surface area contributed by atoms with Crippen molar-refractivity contribution in [2.24, 2.45) is 0 Å². The molecule has 0 saturated carbocycles. The van der Waals surface area contributed by atoms with Crippen LogP contribution in [-0.4, -0.2) is 44.5 Å². The smallest absolute Gasteiger partial charge is 0.230 e. The minimum atomic E-state index is 0.424. The van der Waals surface area contributed by atoms with Gasteiger partial charge in [-0.1, -0.05) is 12.1 Å². The highest BCUT2D eigenvalue weighted by Gasteiger charge is 2.12. The third-order valence-corrected chi connectivity index (χ3v) is 5.03. The van der Waals surface area contributed by atoms with Crippen molar-refractivity contribution in [3.8, 4) is 40.4 Å². The molecule has 0 aliphatic rings. The van der Waals surface area contributed by atoms with Crippen LogP contribution >= 0.6 is 0 Å². The zero-order valence-electron chi connectivity index (χ0n) is 19.3. The van der Waals surface area contributed by atoms with Crippen LogP contribution in [0.25, 0.3) is 10.9 Å². The van der Waals surface area contributed by atoms with Gasteiger partial charge in [-0.15, -0.1) is 0 Å². The second-order valence-corrected chi connectivity index (χ2v) is 7.18. The summed E-state index contributed by atoms with van der Waals surface area (Å²) in [6.45, 7) is 1.05. The second kappa shape index (κ2) is 11.1. The number of ether oxygens (including phenoxy) is 6. The molecule has 1 heterocycles. The van der Waals surface area contributed by atoms with E-state index >= 15 is 0 Å². The molecule has 8 heteroatoms. The van der Waals surface area contributed by atoms with Gasteiger partial charge in [0.2, 0.25) is 5.88 Å². The number of hydrogen-bond donors (Lipinski definition) is 0. The molecule has 0 spiro atoms. The molecule has 0 aliphatic carbocycles. The van der Waals surface area contributed by atoms with Crippen LogP contribution in [0.5, 0.6) is 40.4 Å². The van der Waals surface area contributed by atoms with Crippen molar-refractivity contribution in [1.29, 1.82) is 0 Å². The van der Waals surface area contributed by atoms with E-state index in [-0.39, 0.29) is 0 Å². The fourth-order valence-electron chi connectivity index (χ4n) is 3.33. The molecular formula is C26H26N2O6. The fourth-order valence-corrected chi connectivity index (χ4v) is 3.33. The highest BCUT2D eigenvalue weighted by molar-refractivity contribution is 5.87. The summed E-state index contributed by atoms with van der Waals surface area (Å²) in [4.78, 5) is 8.57. The maximum Gasteiger partial charge on any atom is 0.230 e. The van der Waals surface area contributed by atoms with E-state index in [4.69, 9.17) is 28.4 Å². The molecule has 0 amide bonds. The Bertz CT molecular complexity index is 1230. The number of aromatic nitrogens is 2. The average Bonchev–Trinajstić information content (AvgIpc) is 2.89. The SMILES string of the molecule is COc1cc2ncnc(Oc3ccc(OCCCOc4ccccc4OC)cc3)c2cc1OC. The van der Waals surface area contributed by atoms with Gasteiger partial charge in [0.1, 0.15) is 17.8 Å². The molecule has 0 bridgehead atoms. The summed E-state index contributed by atoms with van der Waals surface area (Å²) < 4.78 is 33.6. The third kappa shape index (κ3) is 5.40. The lowest BCUT2D eigenvalue weighted by atomic mass is 10.2. The Morgan fingerprint density at radius 2 is 1.29 bits per heavy atom. The Kier molecular flexibility index (Phi) is 7.49.